The standard InChI is InChI=1S/C27H28Cl3N3O5S/c1-31-27(35)24(13-18-7-5-4-6-8-18)32(16-19-9-10-20(28)14-22(19)30)26(34)17-33(39(3,36)37)23-15-21(29)11-12-25(23)38-2/h4-12,14-15,24H,13,16-17H2,1-3H3,(H,31,35)/t24-/m0/s1. The second kappa shape index (κ2) is 13.4. The van der Waals surface area contributed by atoms with E-state index in [1.165, 1.54) is 37.3 Å². The fourth-order valence-electron chi connectivity index (χ4n) is 4.01. The Bertz CT molecular complexity index is 1440. The zero-order valence-electron chi connectivity index (χ0n) is 21.5. The van der Waals surface area contributed by atoms with Crippen molar-refractivity contribution in [2.45, 2.75) is 19.0 Å². The molecule has 39 heavy (non-hydrogen) atoms. The van der Waals surface area contributed by atoms with E-state index in [-0.39, 0.29) is 29.4 Å². The van der Waals surface area contributed by atoms with Gasteiger partial charge < -0.3 is 15.0 Å². The molecule has 0 aromatic heterocycles. The Morgan fingerprint density at radius 1 is 0.974 bits per heavy atom. The number of carbonyl (C=O) groups excluding carboxylic acids is 2. The van der Waals surface area contributed by atoms with Crippen LogP contribution >= 0.6 is 34.8 Å². The number of hydrogen-bond donors (Lipinski definition) is 1. The van der Waals surface area contributed by atoms with E-state index in [4.69, 9.17) is 39.5 Å². The van der Waals surface area contributed by atoms with Crippen LogP contribution in [0.3, 0.4) is 0 Å². The third-order valence-corrected chi connectivity index (χ3v) is 7.91. The molecule has 2 amide bonds. The highest BCUT2D eigenvalue weighted by Crippen LogP contribution is 2.33. The van der Waals surface area contributed by atoms with E-state index in [0.717, 1.165) is 16.1 Å². The van der Waals surface area contributed by atoms with Crippen molar-refractivity contribution in [3.8, 4) is 5.75 Å². The fraction of sp³-hybridized carbons (Fsp3) is 0.259. The number of halogens is 3. The van der Waals surface area contributed by atoms with E-state index in [1.54, 1.807) is 18.2 Å². The topological polar surface area (TPSA) is 96.0 Å². The van der Waals surface area contributed by atoms with Crippen molar-refractivity contribution in [2.24, 2.45) is 0 Å². The molecule has 12 heteroatoms. The van der Waals surface area contributed by atoms with Crippen molar-refractivity contribution < 1.29 is 22.7 Å². The molecule has 8 nitrogen and oxygen atoms in total. The van der Waals surface area contributed by atoms with Crippen LogP contribution in [-0.4, -0.2) is 58.1 Å². The summed E-state index contributed by atoms with van der Waals surface area (Å²) in [6.45, 7) is -0.701. The average molecular weight is 613 g/mol. The smallest absolute Gasteiger partial charge is 0.244 e. The molecule has 3 aromatic rings. The fourth-order valence-corrected chi connectivity index (χ4v) is 5.49. The summed E-state index contributed by atoms with van der Waals surface area (Å²) in [5.41, 5.74) is 1.43. The average Bonchev–Trinajstić information content (AvgIpc) is 2.89. The van der Waals surface area contributed by atoms with Gasteiger partial charge in [0.05, 0.1) is 19.1 Å². The predicted molar refractivity (Wildman–Crippen MR) is 155 cm³/mol. The van der Waals surface area contributed by atoms with Gasteiger partial charge in [-0.25, -0.2) is 8.42 Å². The van der Waals surface area contributed by atoms with Crippen molar-refractivity contribution in [3.05, 3.63) is 92.9 Å². The third kappa shape index (κ3) is 8.02. The molecule has 0 fully saturated rings. The molecule has 1 N–H and O–H groups in total. The summed E-state index contributed by atoms with van der Waals surface area (Å²) < 4.78 is 32.1. The summed E-state index contributed by atoms with van der Waals surface area (Å²) in [5, 5.41) is 3.57. The van der Waals surface area contributed by atoms with Crippen LogP contribution in [0.2, 0.25) is 15.1 Å². The van der Waals surface area contributed by atoms with Gasteiger partial charge in [0.2, 0.25) is 21.8 Å². The highest BCUT2D eigenvalue weighted by atomic mass is 35.5. The van der Waals surface area contributed by atoms with Gasteiger partial charge in [-0.2, -0.15) is 0 Å². The van der Waals surface area contributed by atoms with Gasteiger partial charge in [-0.1, -0.05) is 71.2 Å². The maximum atomic E-state index is 14.0. The Kier molecular flexibility index (Phi) is 10.5. The van der Waals surface area contributed by atoms with Crippen LogP contribution in [-0.2, 0) is 32.6 Å². The van der Waals surface area contributed by atoms with Crippen LogP contribution in [0.25, 0.3) is 0 Å². The number of methoxy groups -OCH3 is 1. The summed E-state index contributed by atoms with van der Waals surface area (Å²) in [7, 11) is -1.14. The molecule has 0 spiro atoms. The Balaban J connectivity index is 2.10. The minimum atomic E-state index is -3.99. The highest BCUT2D eigenvalue weighted by molar-refractivity contribution is 7.92. The van der Waals surface area contributed by atoms with Crippen molar-refractivity contribution in [2.75, 3.05) is 31.3 Å². The van der Waals surface area contributed by atoms with E-state index in [1.807, 2.05) is 30.3 Å². The molecule has 0 saturated carbocycles. The number of nitrogens with one attached hydrogen (secondary N) is 1. The molecule has 208 valence electrons. The van der Waals surface area contributed by atoms with Crippen LogP contribution in [0, 0.1) is 0 Å². The van der Waals surface area contributed by atoms with Gasteiger partial charge in [-0.15, -0.1) is 0 Å². The second-order valence-corrected chi connectivity index (χ2v) is 11.8. The lowest BCUT2D eigenvalue weighted by Gasteiger charge is -2.33. The zero-order chi connectivity index (χ0) is 28.7. The molecule has 0 heterocycles. The summed E-state index contributed by atoms with van der Waals surface area (Å²) in [6, 6.07) is 17.5. The minimum Gasteiger partial charge on any atom is -0.495 e. The Morgan fingerprint density at radius 3 is 2.21 bits per heavy atom. The van der Waals surface area contributed by atoms with Gasteiger partial charge in [0.25, 0.3) is 0 Å². The number of anilines is 1. The number of nitrogens with zero attached hydrogens (tertiary/aromatic N) is 2. The quantitative estimate of drug-likeness (QED) is 0.335. The molecular formula is C27H28Cl3N3O5S. The molecule has 3 aromatic carbocycles. The van der Waals surface area contributed by atoms with Crippen molar-refractivity contribution in [1.29, 1.82) is 0 Å². The van der Waals surface area contributed by atoms with Crippen LogP contribution in [0.5, 0.6) is 5.75 Å². The monoisotopic (exact) mass is 611 g/mol. The van der Waals surface area contributed by atoms with Gasteiger partial charge in [-0.05, 0) is 41.5 Å². The number of sulfonamides is 1. The number of carbonyl (C=O) groups is 2. The maximum Gasteiger partial charge on any atom is 0.244 e. The molecular weight excluding hydrogens is 585 g/mol. The molecule has 0 radical (unpaired) electrons. The van der Waals surface area contributed by atoms with E-state index in [0.29, 0.717) is 15.6 Å². The molecule has 0 aliphatic heterocycles. The first-order valence-corrected chi connectivity index (χ1v) is 14.7. The normalized spacial score (nSPS) is 11.9. The number of hydrogen-bond acceptors (Lipinski definition) is 5. The summed E-state index contributed by atoms with van der Waals surface area (Å²) in [5.74, 6) is -0.862. The number of likely N-dealkylation sites (N-methyl/N-ethyl adjacent to an activating group) is 1. The number of benzene rings is 3. The van der Waals surface area contributed by atoms with E-state index in [2.05, 4.69) is 5.32 Å². The Morgan fingerprint density at radius 2 is 1.62 bits per heavy atom. The number of ether oxygens (including phenoxy) is 1. The SMILES string of the molecule is CNC(=O)[C@H](Cc1ccccc1)N(Cc1ccc(Cl)cc1Cl)C(=O)CN(c1cc(Cl)ccc1OC)S(C)(=O)=O. The van der Waals surface area contributed by atoms with Gasteiger partial charge in [-0.3, -0.25) is 13.9 Å². The van der Waals surface area contributed by atoms with E-state index in [9.17, 15) is 18.0 Å². The third-order valence-electron chi connectivity index (χ3n) is 5.96. The lowest BCUT2D eigenvalue weighted by Crippen LogP contribution is -2.53. The van der Waals surface area contributed by atoms with Gasteiger partial charge in [0.1, 0.15) is 18.3 Å². The Labute approximate surface area is 243 Å². The second-order valence-electron chi connectivity index (χ2n) is 8.66. The number of amides is 2. The molecule has 0 saturated heterocycles. The molecule has 0 aliphatic rings. The predicted octanol–water partition coefficient (Wildman–Crippen LogP) is 4.81. The van der Waals surface area contributed by atoms with Crippen LogP contribution in [0.15, 0.2) is 66.7 Å². The van der Waals surface area contributed by atoms with Crippen LogP contribution < -0.4 is 14.4 Å². The minimum absolute atomic E-state index is 0.0793. The molecule has 0 aliphatic carbocycles. The van der Waals surface area contributed by atoms with E-state index >= 15 is 0 Å². The first-order chi connectivity index (χ1) is 18.4. The Hall–Kier alpha value is -2.98. The molecule has 1 atom stereocenters. The van der Waals surface area contributed by atoms with E-state index < -0.39 is 34.4 Å². The van der Waals surface area contributed by atoms with Crippen LogP contribution in [0.4, 0.5) is 5.69 Å². The summed E-state index contributed by atoms with van der Waals surface area (Å²) in [6.07, 6.45) is 1.15. The lowest BCUT2D eigenvalue weighted by atomic mass is 10.0. The van der Waals surface area contributed by atoms with Crippen molar-refractivity contribution in [3.63, 3.8) is 0 Å². The summed E-state index contributed by atoms with van der Waals surface area (Å²) >= 11 is 18.6. The molecule has 3 rings (SSSR count). The lowest BCUT2D eigenvalue weighted by molar-refractivity contribution is -0.139. The first kappa shape index (κ1) is 30.6. The van der Waals surface area contributed by atoms with Gasteiger partial charge in [0, 0.05) is 35.1 Å². The number of rotatable bonds is 11. The van der Waals surface area contributed by atoms with Crippen LogP contribution in [0.1, 0.15) is 11.1 Å². The zero-order valence-corrected chi connectivity index (χ0v) is 24.6. The molecule has 0 unspecified atom stereocenters. The maximum absolute atomic E-state index is 14.0. The van der Waals surface area contributed by atoms with Gasteiger partial charge >= 0.3 is 0 Å². The first-order valence-electron chi connectivity index (χ1n) is 11.7. The van der Waals surface area contributed by atoms with Crippen molar-refractivity contribution >= 4 is 62.3 Å². The summed E-state index contributed by atoms with van der Waals surface area (Å²) in [4.78, 5) is 28.5. The molecule has 0 bridgehead atoms. The highest BCUT2D eigenvalue weighted by Gasteiger charge is 2.33. The largest absolute Gasteiger partial charge is 0.495 e. The van der Waals surface area contributed by atoms with Crippen molar-refractivity contribution in [1.82, 2.24) is 10.2 Å². The van der Waals surface area contributed by atoms with Gasteiger partial charge in [0.15, 0.2) is 0 Å².